The summed E-state index contributed by atoms with van der Waals surface area (Å²) < 4.78 is 16.5. The number of hydrogen-bond donors (Lipinski definition) is 1. The average molecular weight is 472 g/mol. The Morgan fingerprint density at radius 3 is 2.37 bits per heavy atom. The van der Waals surface area contributed by atoms with E-state index in [1.165, 1.54) is 11.6 Å². The van der Waals surface area contributed by atoms with E-state index in [0.29, 0.717) is 21.8 Å². The van der Waals surface area contributed by atoms with Gasteiger partial charge < -0.3 is 5.32 Å². The zero-order valence-electron chi connectivity index (χ0n) is 18.0. The number of nitrogens with zero attached hydrogens (tertiary/aromatic N) is 2. The summed E-state index contributed by atoms with van der Waals surface area (Å²) in [5.41, 5.74) is 3.12. The molecule has 3 aromatic rings. The maximum absolute atomic E-state index is 14.1. The van der Waals surface area contributed by atoms with Crippen LogP contribution in [0.5, 0.6) is 0 Å². The van der Waals surface area contributed by atoms with Gasteiger partial charge in [-0.1, -0.05) is 68.7 Å². The Bertz CT molecular complexity index is 1050. The number of aromatic nitrogens is 2. The van der Waals surface area contributed by atoms with Crippen molar-refractivity contribution in [1.29, 1.82) is 0 Å². The lowest BCUT2D eigenvalue weighted by molar-refractivity contribution is -0.115. The molecular formula is C24H27BrFN3O. The highest BCUT2D eigenvalue weighted by Gasteiger charge is 2.22. The van der Waals surface area contributed by atoms with E-state index in [4.69, 9.17) is 5.10 Å². The van der Waals surface area contributed by atoms with Gasteiger partial charge in [-0.15, -0.1) is 0 Å². The smallest absolute Gasteiger partial charge is 0.230 e. The van der Waals surface area contributed by atoms with Crippen molar-refractivity contribution in [1.82, 2.24) is 9.78 Å². The molecule has 0 saturated carbocycles. The molecule has 30 heavy (non-hydrogen) atoms. The largest absolute Gasteiger partial charge is 0.310 e. The number of nitrogens with one attached hydrogen (secondary N) is 1. The van der Waals surface area contributed by atoms with Crippen LogP contribution in [-0.2, 0) is 16.6 Å². The molecule has 158 valence electrons. The SMILES string of the molecule is CC(C)c1ccc(-n2nc(C(C)(C)C)cc2NC(=O)Cc2ccc(Br)cc2F)cc1. The lowest BCUT2D eigenvalue weighted by atomic mass is 9.92. The van der Waals surface area contributed by atoms with E-state index in [1.54, 1.807) is 16.8 Å². The van der Waals surface area contributed by atoms with Crippen molar-refractivity contribution in [3.05, 3.63) is 75.6 Å². The van der Waals surface area contributed by atoms with E-state index < -0.39 is 5.82 Å². The number of amides is 1. The van der Waals surface area contributed by atoms with Crippen molar-refractivity contribution in [2.24, 2.45) is 0 Å². The number of hydrogen-bond acceptors (Lipinski definition) is 2. The molecule has 0 fully saturated rings. The molecule has 3 rings (SSSR count). The Hall–Kier alpha value is -2.47. The van der Waals surface area contributed by atoms with Crippen LogP contribution in [0.3, 0.4) is 0 Å². The molecule has 2 aromatic carbocycles. The zero-order chi connectivity index (χ0) is 22.1. The van der Waals surface area contributed by atoms with Crippen molar-refractivity contribution in [3.63, 3.8) is 0 Å². The van der Waals surface area contributed by atoms with Gasteiger partial charge in [0.2, 0.25) is 5.91 Å². The van der Waals surface area contributed by atoms with E-state index in [-0.39, 0.29) is 17.7 Å². The zero-order valence-corrected chi connectivity index (χ0v) is 19.5. The monoisotopic (exact) mass is 471 g/mol. The van der Waals surface area contributed by atoms with E-state index >= 15 is 0 Å². The maximum Gasteiger partial charge on any atom is 0.230 e. The van der Waals surface area contributed by atoms with Gasteiger partial charge in [-0.2, -0.15) is 5.10 Å². The fraction of sp³-hybridized carbons (Fsp3) is 0.333. The van der Waals surface area contributed by atoms with Crippen LogP contribution in [0.25, 0.3) is 5.69 Å². The molecule has 1 amide bonds. The summed E-state index contributed by atoms with van der Waals surface area (Å²) in [6.45, 7) is 10.5. The van der Waals surface area contributed by atoms with Gasteiger partial charge >= 0.3 is 0 Å². The molecule has 1 aromatic heterocycles. The van der Waals surface area contributed by atoms with E-state index in [2.05, 4.69) is 68.0 Å². The number of benzene rings is 2. The molecule has 0 aliphatic heterocycles. The minimum atomic E-state index is -0.410. The Kier molecular flexibility index (Phi) is 6.46. The van der Waals surface area contributed by atoms with Crippen molar-refractivity contribution in [3.8, 4) is 5.69 Å². The van der Waals surface area contributed by atoms with Crippen molar-refractivity contribution < 1.29 is 9.18 Å². The first-order valence-electron chi connectivity index (χ1n) is 9.99. The summed E-state index contributed by atoms with van der Waals surface area (Å²) in [6.07, 6.45) is -0.0541. The van der Waals surface area contributed by atoms with E-state index in [1.807, 2.05) is 18.2 Å². The minimum Gasteiger partial charge on any atom is -0.310 e. The highest BCUT2D eigenvalue weighted by molar-refractivity contribution is 9.10. The first-order valence-corrected chi connectivity index (χ1v) is 10.8. The standard InChI is InChI=1S/C24H27BrFN3O/c1-15(2)16-7-10-19(11-8-16)29-22(14-21(28-29)24(3,4)5)27-23(30)12-17-6-9-18(25)13-20(17)26/h6-11,13-15H,12H2,1-5H3,(H,27,30). The fourth-order valence-corrected chi connectivity index (χ4v) is 3.39. The summed E-state index contributed by atoms with van der Waals surface area (Å²) in [7, 11) is 0. The molecule has 4 nitrogen and oxygen atoms in total. The van der Waals surface area contributed by atoms with Gasteiger partial charge in [0.15, 0.2) is 0 Å². The van der Waals surface area contributed by atoms with Crippen LogP contribution in [0.1, 0.15) is 57.4 Å². The molecule has 1 N–H and O–H groups in total. The van der Waals surface area contributed by atoms with Crippen molar-refractivity contribution >= 4 is 27.7 Å². The molecule has 0 bridgehead atoms. The highest BCUT2D eigenvalue weighted by atomic mass is 79.9. The summed E-state index contributed by atoms with van der Waals surface area (Å²) in [4.78, 5) is 12.7. The molecule has 0 unspecified atom stereocenters. The van der Waals surface area contributed by atoms with Crippen LogP contribution >= 0.6 is 15.9 Å². The van der Waals surface area contributed by atoms with Gasteiger partial charge in [0.1, 0.15) is 11.6 Å². The highest BCUT2D eigenvalue weighted by Crippen LogP contribution is 2.27. The van der Waals surface area contributed by atoms with Crippen LogP contribution in [0.15, 0.2) is 53.0 Å². The van der Waals surface area contributed by atoms with Crippen molar-refractivity contribution in [2.75, 3.05) is 5.32 Å². The van der Waals surface area contributed by atoms with Gasteiger partial charge in [-0.25, -0.2) is 9.07 Å². The molecule has 6 heteroatoms. The molecule has 0 radical (unpaired) electrons. The van der Waals surface area contributed by atoms with Gasteiger partial charge in [0.05, 0.1) is 17.8 Å². The second-order valence-electron chi connectivity index (χ2n) is 8.78. The first-order chi connectivity index (χ1) is 14.0. The average Bonchev–Trinajstić information content (AvgIpc) is 3.08. The Morgan fingerprint density at radius 1 is 1.13 bits per heavy atom. The number of carbonyl (C=O) groups excluding carboxylic acids is 1. The predicted octanol–water partition coefficient (Wildman–Crippen LogP) is 6.38. The van der Waals surface area contributed by atoms with Crippen molar-refractivity contribution in [2.45, 2.75) is 52.4 Å². The molecule has 0 aliphatic carbocycles. The molecule has 0 saturated heterocycles. The van der Waals surface area contributed by atoms with E-state index in [9.17, 15) is 9.18 Å². The predicted molar refractivity (Wildman–Crippen MR) is 123 cm³/mol. The lowest BCUT2D eigenvalue weighted by Crippen LogP contribution is -2.17. The minimum absolute atomic E-state index is 0.0541. The molecule has 0 aliphatic rings. The Morgan fingerprint density at radius 2 is 1.80 bits per heavy atom. The van der Waals surface area contributed by atoms with Crippen LogP contribution < -0.4 is 5.32 Å². The normalized spacial score (nSPS) is 11.7. The van der Waals surface area contributed by atoms with Crippen LogP contribution in [0.2, 0.25) is 0 Å². The third kappa shape index (κ3) is 5.17. The quantitative estimate of drug-likeness (QED) is 0.469. The van der Waals surface area contributed by atoms with Gasteiger partial charge in [0.25, 0.3) is 0 Å². The number of halogens is 2. The van der Waals surface area contributed by atoms with Crippen LogP contribution in [-0.4, -0.2) is 15.7 Å². The summed E-state index contributed by atoms with van der Waals surface area (Å²) in [5.74, 6) is 0.297. The summed E-state index contributed by atoms with van der Waals surface area (Å²) in [6, 6.07) is 14.7. The second-order valence-corrected chi connectivity index (χ2v) is 9.70. The van der Waals surface area contributed by atoms with Gasteiger partial charge in [-0.3, -0.25) is 4.79 Å². The molecule has 1 heterocycles. The van der Waals surface area contributed by atoms with Crippen LogP contribution in [0.4, 0.5) is 10.2 Å². The summed E-state index contributed by atoms with van der Waals surface area (Å²) >= 11 is 3.23. The number of carbonyl (C=O) groups is 1. The van der Waals surface area contributed by atoms with Gasteiger partial charge in [0, 0.05) is 16.0 Å². The second kappa shape index (κ2) is 8.72. The summed E-state index contributed by atoms with van der Waals surface area (Å²) in [5, 5.41) is 7.65. The van der Waals surface area contributed by atoms with Gasteiger partial charge in [-0.05, 0) is 41.3 Å². The number of anilines is 1. The molecular weight excluding hydrogens is 445 g/mol. The lowest BCUT2D eigenvalue weighted by Gasteiger charge is -2.14. The first kappa shape index (κ1) is 22.2. The van der Waals surface area contributed by atoms with E-state index in [0.717, 1.165) is 11.4 Å². The topological polar surface area (TPSA) is 46.9 Å². The Balaban J connectivity index is 1.90. The van der Waals surface area contributed by atoms with Crippen LogP contribution in [0, 0.1) is 5.82 Å². The molecule has 0 spiro atoms. The Labute approximate surface area is 185 Å². The third-order valence-electron chi connectivity index (χ3n) is 4.92. The number of rotatable bonds is 5. The maximum atomic E-state index is 14.1. The fourth-order valence-electron chi connectivity index (χ4n) is 3.06. The molecule has 0 atom stereocenters. The third-order valence-corrected chi connectivity index (χ3v) is 5.41.